The summed E-state index contributed by atoms with van der Waals surface area (Å²) >= 11 is 0. The zero-order valence-electron chi connectivity index (χ0n) is 34.2. The molecule has 0 radical (unpaired) electrons. The van der Waals surface area contributed by atoms with Gasteiger partial charge in [-0.25, -0.2) is 19.6 Å². The van der Waals surface area contributed by atoms with Gasteiger partial charge in [0, 0.05) is 24.2 Å². The van der Waals surface area contributed by atoms with Crippen molar-refractivity contribution >= 4 is 18.1 Å². The quantitative estimate of drug-likeness (QED) is 0.156. The number of imidazole rings is 2. The van der Waals surface area contributed by atoms with Gasteiger partial charge in [0.15, 0.2) is 5.79 Å². The summed E-state index contributed by atoms with van der Waals surface area (Å²) in [7, 11) is 1.28. The number of aryl methyl sites for hydroxylation is 2. The molecule has 57 heavy (non-hydrogen) atoms. The van der Waals surface area contributed by atoms with Crippen LogP contribution in [-0.4, -0.2) is 98.7 Å². The molecule has 7 rings (SSSR count). The van der Waals surface area contributed by atoms with Gasteiger partial charge < -0.3 is 39.1 Å². The molecule has 3 saturated heterocycles. The van der Waals surface area contributed by atoms with Gasteiger partial charge in [0.25, 0.3) is 0 Å². The summed E-state index contributed by atoms with van der Waals surface area (Å²) < 4.78 is 22.6. The molecule has 3 amide bonds. The van der Waals surface area contributed by atoms with Crippen LogP contribution in [0.5, 0.6) is 0 Å². The summed E-state index contributed by atoms with van der Waals surface area (Å²) in [6.45, 7) is 15.4. The van der Waals surface area contributed by atoms with Crippen molar-refractivity contribution in [3.05, 3.63) is 71.6 Å². The van der Waals surface area contributed by atoms with E-state index in [1.165, 1.54) is 12.7 Å². The Hall–Kier alpha value is -5.21. The lowest BCUT2D eigenvalue weighted by Crippen LogP contribution is -2.52. The molecule has 3 fully saturated rings. The Bertz CT molecular complexity index is 2090. The summed E-state index contributed by atoms with van der Waals surface area (Å²) in [5.41, 5.74) is 7.47. The molecule has 0 bridgehead atoms. The minimum Gasteiger partial charge on any atom is -0.453 e. The highest BCUT2D eigenvalue weighted by Gasteiger charge is 2.52. The molecule has 3 N–H and O–H groups in total. The predicted molar refractivity (Wildman–Crippen MR) is 214 cm³/mol. The van der Waals surface area contributed by atoms with E-state index in [2.05, 4.69) is 64.7 Å². The van der Waals surface area contributed by atoms with Gasteiger partial charge in [0.1, 0.15) is 23.3 Å². The fourth-order valence-electron chi connectivity index (χ4n) is 8.18. The smallest absolute Gasteiger partial charge is 0.410 e. The Kier molecular flexibility index (Phi) is 11.2. The standard InChI is InChI=1S/C43H55N7O7/c1-9-27-21-30(16-17-31(27)36-26(4)45-38(47-36)33-11-10-18-49(33)41(53)57-42(5,6)7)28-12-14-29(15-13-28)32-23-44-37(46-32)34-22-43(55-19-20-56-43)24-50(34)39(51)35(25(2)3)48-40(52)54-8/h12-17,21,23,25,33-35H,9-11,18-20,22,24H2,1-8H3,(H,44,46)(H,45,47)(H,48,52)/t33-,34-,35-/m0/s1. The van der Waals surface area contributed by atoms with Crippen LogP contribution in [0, 0.1) is 12.8 Å². The number of methoxy groups -OCH3 is 1. The Morgan fingerprint density at radius 2 is 1.68 bits per heavy atom. The van der Waals surface area contributed by atoms with Gasteiger partial charge in [-0.3, -0.25) is 9.69 Å². The molecular weight excluding hydrogens is 727 g/mol. The van der Waals surface area contributed by atoms with E-state index < -0.39 is 29.6 Å². The molecule has 304 valence electrons. The van der Waals surface area contributed by atoms with E-state index in [0.717, 1.165) is 64.4 Å². The second-order valence-corrected chi connectivity index (χ2v) is 16.6. The SMILES string of the molecule is CCc1cc(-c2ccc(-c3cnc([C@@H]4CC5(CN4C(=O)[C@@H](NC(=O)OC)C(C)C)OCCO5)[nH]3)cc2)ccc1-c1nc([C@@H]2CCCN2C(=O)OC(C)(C)C)[nH]c1C. The third-order valence-corrected chi connectivity index (χ3v) is 11.1. The third-order valence-electron chi connectivity index (χ3n) is 11.1. The monoisotopic (exact) mass is 781 g/mol. The highest BCUT2D eigenvalue weighted by Crippen LogP contribution is 2.43. The van der Waals surface area contributed by atoms with Crippen LogP contribution in [0.4, 0.5) is 9.59 Å². The van der Waals surface area contributed by atoms with E-state index in [1.807, 2.05) is 41.5 Å². The number of aromatic nitrogens is 4. The summed E-state index contributed by atoms with van der Waals surface area (Å²) in [5.74, 6) is 0.0437. The van der Waals surface area contributed by atoms with Crippen LogP contribution < -0.4 is 5.32 Å². The van der Waals surface area contributed by atoms with E-state index in [-0.39, 0.29) is 30.5 Å². The fraction of sp³-hybridized carbons (Fsp3) is 0.512. The van der Waals surface area contributed by atoms with Gasteiger partial charge >= 0.3 is 12.2 Å². The normalized spacial score (nSPS) is 19.7. The number of alkyl carbamates (subject to hydrolysis) is 1. The molecule has 2 aromatic heterocycles. The predicted octanol–water partition coefficient (Wildman–Crippen LogP) is 7.47. The number of rotatable bonds is 9. The summed E-state index contributed by atoms with van der Waals surface area (Å²) in [5, 5.41) is 2.70. The second-order valence-electron chi connectivity index (χ2n) is 16.6. The van der Waals surface area contributed by atoms with Crippen molar-refractivity contribution in [3.63, 3.8) is 0 Å². The van der Waals surface area contributed by atoms with Gasteiger partial charge in [-0.05, 0) is 75.1 Å². The van der Waals surface area contributed by atoms with E-state index in [0.29, 0.717) is 32.0 Å². The van der Waals surface area contributed by atoms with Crippen LogP contribution in [-0.2, 0) is 30.2 Å². The maximum atomic E-state index is 14.0. The Labute approximate surface area is 334 Å². The average Bonchev–Trinajstić information content (AvgIpc) is 4.04. The van der Waals surface area contributed by atoms with Crippen molar-refractivity contribution in [2.45, 2.75) is 104 Å². The molecule has 1 spiro atoms. The first-order valence-corrected chi connectivity index (χ1v) is 20.0. The molecule has 3 aliphatic rings. The Morgan fingerprint density at radius 3 is 2.35 bits per heavy atom. The Morgan fingerprint density at radius 1 is 0.982 bits per heavy atom. The zero-order valence-corrected chi connectivity index (χ0v) is 34.2. The lowest BCUT2D eigenvalue weighted by molar-refractivity contribution is -0.153. The number of carbonyl (C=O) groups excluding carboxylic acids is 3. The first-order chi connectivity index (χ1) is 27.2. The lowest BCUT2D eigenvalue weighted by atomic mass is 9.95. The number of amides is 3. The van der Waals surface area contributed by atoms with Gasteiger partial charge in [-0.1, -0.05) is 63.2 Å². The van der Waals surface area contributed by atoms with Crippen LogP contribution in [0.25, 0.3) is 33.6 Å². The molecule has 3 aliphatic heterocycles. The largest absolute Gasteiger partial charge is 0.453 e. The van der Waals surface area contributed by atoms with Crippen LogP contribution in [0.1, 0.15) is 95.8 Å². The van der Waals surface area contributed by atoms with Crippen molar-refractivity contribution in [1.29, 1.82) is 0 Å². The van der Waals surface area contributed by atoms with Crippen LogP contribution in [0.3, 0.4) is 0 Å². The van der Waals surface area contributed by atoms with Crippen molar-refractivity contribution in [3.8, 4) is 33.6 Å². The highest BCUT2D eigenvalue weighted by molar-refractivity contribution is 5.86. The number of H-pyrrole nitrogens is 2. The third kappa shape index (κ3) is 8.29. The number of nitrogens with zero attached hydrogens (tertiary/aromatic N) is 4. The van der Waals surface area contributed by atoms with E-state index in [9.17, 15) is 14.4 Å². The minimum atomic E-state index is -0.925. The lowest BCUT2D eigenvalue weighted by Gasteiger charge is -2.30. The maximum Gasteiger partial charge on any atom is 0.410 e. The van der Waals surface area contributed by atoms with E-state index in [1.54, 1.807) is 16.0 Å². The zero-order chi connectivity index (χ0) is 40.6. The number of likely N-dealkylation sites (tertiary alicyclic amines) is 2. The summed E-state index contributed by atoms with van der Waals surface area (Å²) in [6.07, 6.45) is 3.77. The number of hydrogen-bond donors (Lipinski definition) is 3. The Balaban J connectivity index is 1.09. The fourth-order valence-corrected chi connectivity index (χ4v) is 8.18. The number of hydrogen-bond acceptors (Lipinski definition) is 9. The van der Waals surface area contributed by atoms with Crippen molar-refractivity contribution in [1.82, 2.24) is 35.1 Å². The van der Waals surface area contributed by atoms with Crippen molar-refractivity contribution < 1.29 is 33.3 Å². The number of nitrogens with one attached hydrogen (secondary N) is 3. The number of aromatic amines is 2. The molecule has 0 aliphatic carbocycles. The summed E-state index contributed by atoms with van der Waals surface area (Å²) in [4.78, 5) is 59.4. The van der Waals surface area contributed by atoms with E-state index >= 15 is 0 Å². The molecule has 3 atom stereocenters. The second kappa shape index (κ2) is 16.0. The van der Waals surface area contributed by atoms with Crippen molar-refractivity contribution in [2.24, 2.45) is 5.92 Å². The first-order valence-electron chi connectivity index (χ1n) is 20.0. The highest BCUT2D eigenvalue weighted by atomic mass is 16.7. The molecule has 0 saturated carbocycles. The average molecular weight is 782 g/mol. The van der Waals surface area contributed by atoms with Gasteiger partial charge in [0.05, 0.1) is 56.5 Å². The van der Waals surface area contributed by atoms with Crippen LogP contribution >= 0.6 is 0 Å². The molecule has 2 aromatic carbocycles. The van der Waals surface area contributed by atoms with Gasteiger partial charge in [-0.15, -0.1) is 0 Å². The maximum absolute atomic E-state index is 14.0. The van der Waals surface area contributed by atoms with Crippen LogP contribution in [0.2, 0.25) is 0 Å². The van der Waals surface area contributed by atoms with Gasteiger partial charge in [0.2, 0.25) is 5.91 Å². The summed E-state index contributed by atoms with van der Waals surface area (Å²) in [6, 6.07) is 13.4. The van der Waals surface area contributed by atoms with Crippen LogP contribution in [0.15, 0.2) is 48.7 Å². The molecule has 4 aromatic rings. The van der Waals surface area contributed by atoms with E-state index in [4.69, 9.17) is 28.9 Å². The molecular formula is C43H55N7O7. The van der Waals surface area contributed by atoms with Crippen molar-refractivity contribution in [2.75, 3.05) is 33.4 Å². The topological polar surface area (TPSA) is 164 Å². The minimum absolute atomic E-state index is 0.153. The number of benzene rings is 2. The number of ether oxygens (including phenoxy) is 4. The molecule has 0 unspecified atom stereocenters. The first kappa shape index (κ1) is 40.0. The molecule has 5 heterocycles. The molecule has 14 nitrogen and oxygen atoms in total. The molecule has 14 heteroatoms. The van der Waals surface area contributed by atoms with Gasteiger partial charge in [-0.2, -0.15) is 0 Å². The number of carbonyl (C=O) groups is 3.